The van der Waals surface area contributed by atoms with Crippen LogP contribution in [-0.2, 0) is 4.79 Å². The van der Waals surface area contributed by atoms with Gasteiger partial charge in [0.15, 0.2) is 0 Å². The van der Waals surface area contributed by atoms with Crippen molar-refractivity contribution in [3.63, 3.8) is 0 Å². The van der Waals surface area contributed by atoms with Crippen LogP contribution in [-0.4, -0.2) is 41.2 Å². The van der Waals surface area contributed by atoms with Crippen molar-refractivity contribution < 1.29 is 14.6 Å². The zero-order valence-electron chi connectivity index (χ0n) is 13.8. The number of piperidine rings is 1. The second kappa shape index (κ2) is 7.45. The summed E-state index contributed by atoms with van der Waals surface area (Å²) in [6.45, 7) is 1.40. The molecule has 2 unspecified atom stereocenters. The van der Waals surface area contributed by atoms with Crippen LogP contribution in [0.15, 0.2) is 48.7 Å². The Bertz CT molecular complexity index is 690. The van der Waals surface area contributed by atoms with E-state index in [9.17, 15) is 9.90 Å². The first-order valence-electron chi connectivity index (χ1n) is 8.21. The number of hydrogen-bond donors (Lipinski definition) is 1. The first kappa shape index (κ1) is 16.5. The van der Waals surface area contributed by atoms with Gasteiger partial charge in [0.1, 0.15) is 5.75 Å². The molecule has 1 fully saturated rings. The first-order valence-corrected chi connectivity index (χ1v) is 8.21. The van der Waals surface area contributed by atoms with Gasteiger partial charge in [-0.05, 0) is 49.2 Å². The van der Waals surface area contributed by atoms with E-state index in [1.54, 1.807) is 13.3 Å². The Morgan fingerprint density at radius 1 is 1.33 bits per heavy atom. The Balaban J connectivity index is 1.97. The van der Waals surface area contributed by atoms with E-state index < -0.39 is 5.97 Å². The second-order valence-electron chi connectivity index (χ2n) is 6.11. The van der Waals surface area contributed by atoms with Crippen LogP contribution < -0.4 is 4.74 Å². The Hall–Kier alpha value is -2.40. The van der Waals surface area contributed by atoms with E-state index in [2.05, 4.69) is 9.88 Å². The molecule has 1 saturated heterocycles. The maximum atomic E-state index is 11.4. The first-order chi connectivity index (χ1) is 11.7. The Morgan fingerprint density at radius 3 is 2.92 bits per heavy atom. The highest BCUT2D eigenvalue weighted by Crippen LogP contribution is 2.33. The van der Waals surface area contributed by atoms with Crippen LogP contribution in [0.3, 0.4) is 0 Å². The molecule has 0 saturated carbocycles. The molecule has 0 radical (unpaired) electrons. The van der Waals surface area contributed by atoms with Crippen molar-refractivity contribution in [2.24, 2.45) is 5.92 Å². The van der Waals surface area contributed by atoms with Crippen molar-refractivity contribution >= 4 is 5.97 Å². The van der Waals surface area contributed by atoms with Crippen LogP contribution in [0.25, 0.3) is 0 Å². The average molecular weight is 326 g/mol. The molecule has 0 bridgehead atoms. The van der Waals surface area contributed by atoms with Gasteiger partial charge in [-0.3, -0.25) is 14.7 Å². The largest absolute Gasteiger partial charge is 0.497 e. The summed E-state index contributed by atoms with van der Waals surface area (Å²) in [5.74, 6) is -0.249. The Labute approximate surface area is 141 Å². The fraction of sp³-hybridized carbons (Fsp3) is 0.368. The number of likely N-dealkylation sites (tertiary alicyclic amines) is 1. The third kappa shape index (κ3) is 3.57. The number of aliphatic carboxylic acids is 1. The lowest BCUT2D eigenvalue weighted by atomic mass is 9.93. The van der Waals surface area contributed by atoms with Crippen LogP contribution in [0, 0.1) is 5.92 Å². The molecular formula is C19H22N2O3. The van der Waals surface area contributed by atoms with E-state index in [0.29, 0.717) is 6.54 Å². The number of rotatable bonds is 5. The monoisotopic (exact) mass is 326 g/mol. The number of benzene rings is 1. The number of nitrogens with zero attached hydrogens (tertiary/aromatic N) is 2. The van der Waals surface area contributed by atoms with Gasteiger partial charge in [0.2, 0.25) is 0 Å². The van der Waals surface area contributed by atoms with Gasteiger partial charge in [0.05, 0.1) is 24.8 Å². The smallest absolute Gasteiger partial charge is 0.307 e. The summed E-state index contributed by atoms with van der Waals surface area (Å²) >= 11 is 0. The number of ether oxygens (including phenoxy) is 1. The average Bonchev–Trinajstić information content (AvgIpc) is 2.63. The van der Waals surface area contributed by atoms with Crippen LogP contribution in [0.5, 0.6) is 5.75 Å². The molecule has 5 nitrogen and oxygen atoms in total. The molecule has 1 aliphatic rings. The molecule has 2 heterocycles. The van der Waals surface area contributed by atoms with Crippen LogP contribution >= 0.6 is 0 Å². The second-order valence-corrected chi connectivity index (χ2v) is 6.11. The molecule has 1 aromatic heterocycles. The molecule has 126 valence electrons. The molecule has 0 amide bonds. The number of carboxylic acids is 1. The van der Waals surface area contributed by atoms with Crippen molar-refractivity contribution in [2.75, 3.05) is 20.2 Å². The third-order valence-electron chi connectivity index (χ3n) is 4.54. The van der Waals surface area contributed by atoms with Crippen LogP contribution in [0.4, 0.5) is 0 Å². The molecule has 1 aromatic carbocycles. The zero-order chi connectivity index (χ0) is 16.9. The zero-order valence-corrected chi connectivity index (χ0v) is 13.8. The van der Waals surface area contributed by atoms with Gasteiger partial charge in [0, 0.05) is 12.7 Å². The molecule has 0 spiro atoms. The number of pyridine rings is 1. The number of hydrogen-bond acceptors (Lipinski definition) is 4. The van der Waals surface area contributed by atoms with E-state index in [0.717, 1.165) is 36.4 Å². The maximum Gasteiger partial charge on any atom is 0.307 e. The summed E-state index contributed by atoms with van der Waals surface area (Å²) in [5.41, 5.74) is 2.00. The minimum atomic E-state index is -0.717. The lowest BCUT2D eigenvalue weighted by Gasteiger charge is -2.37. The van der Waals surface area contributed by atoms with E-state index in [1.807, 2.05) is 42.5 Å². The summed E-state index contributed by atoms with van der Waals surface area (Å²) in [5, 5.41) is 9.40. The summed E-state index contributed by atoms with van der Waals surface area (Å²) in [6, 6.07) is 13.7. The highest BCUT2D eigenvalue weighted by Gasteiger charge is 2.31. The normalized spacial score (nSPS) is 19.6. The molecule has 2 aromatic rings. The van der Waals surface area contributed by atoms with E-state index in [4.69, 9.17) is 4.74 Å². The topological polar surface area (TPSA) is 62.7 Å². The Morgan fingerprint density at radius 2 is 2.21 bits per heavy atom. The highest BCUT2D eigenvalue weighted by molar-refractivity contribution is 5.70. The quantitative estimate of drug-likeness (QED) is 0.915. The van der Waals surface area contributed by atoms with Gasteiger partial charge in [-0.2, -0.15) is 0 Å². The molecule has 2 atom stereocenters. The standard InChI is InChI=1S/C19H22N2O3/c1-24-16-8-4-6-14(12-16)18(17-9-2-3-10-20-17)21-11-5-7-15(13-21)19(22)23/h2-4,6,8-10,12,15,18H,5,7,11,13H2,1H3,(H,22,23). The fourth-order valence-electron chi connectivity index (χ4n) is 3.36. The van der Waals surface area contributed by atoms with Crippen LogP contribution in [0.2, 0.25) is 0 Å². The lowest BCUT2D eigenvalue weighted by Crippen LogP contribution is -2.41. The number of methoxy groups -OCH3 is 1. The van der Waals surface area contributed by atoms with Gasteiger partial charge < -0.3 is 9.84 Å². The van der Waals surface area contributed by atoms with Crippen molar-refractivity contribution in [1.82, 2.24) is 9.88 Å². The molecule has 0 aliphatic carbocycles. The van der Waals surface area contributed by atoms with Gasteiger partial charge >= 0.3 is 5.97 Å². The van der Waals surface area contributed by atoms with Gasteiger partial charge in [0.25, 0.3) is 0 Å². The van der Waals surface area contributed by atoms with Crippen molar-refractivity contribution in [3.8, 4) is 5.75 Å². The number of carboxylic acid groups (broad SMARTS) is 1. The van der Waals surface area contributed by atoms with E-state index >= 15 is 0 Å². The number of carbonyl (C=O) groups is 1. The molecule has 1 N–H and O–H groups in total. The van der Waals surface area contributed by atoms with Crippen molar-refractivity contribution in [3.05, 3.63) is 59.9 Å². The summed E-state index contributed by atoms with van der Waals surface area (Å²) in [7, 11) is 1.65. The van der Waals surface area contributed by atoms with Gasteiger partial charge in [-0.25, -0.2) is 0 Å². The van der Waals surface area contributed by atoms with Crippen LogP contribution in [0.1, 0.15) is 30.1 Å². The predicted molar refractivity (Wildman–Crippen MR) is 91.0 cm³/mol. The van der Waals surface area contributed by atoms with Crippen molar-refractivity contribution in [1.29, 1.82) is 0 Å². The maximum absolute atomic E-state index is 11.4. The summed E-state index contributed by atoms with van der Waals surface area (Å²) < 4.78 is 5.35. The molecule has 24 heavy (non-hydrogen) atoms. The minimum Gasteiger partial charge on any atom is -0.497 e. The number of aromatic nitrogens is 1. The molecule has 1 aliphatic heterocycles. The molecule has 5 heteroatoms. The highest BCUT2D eigenvalue weighted by atomic mass is 16.5. The lowest BCUT2D eigenvalue weighted by molar-refractivity contribution is -0.143. The van der Waals surface area contributed by atoms with E-state index in [1.165, 1.54) is 0 Å². The van der Waals surface area contributed by atoms with Crippen molar-refractivity contribution in [2.45, 2.75) is 18.9 Å². The third-order valence-corrected chi connectivity index (χ3v) is 4.54. The molecule has 3 rings (SSSR count). The predicted octanol–water partition coefficient (Wildman–Crippen LogP) is 2.98. The Kier molecular flexibility index (Phi) is 5.11. The fourth-order valence-corrected chi connectivity index (χ4v) is 3.36. The van der Waals surface area contributed by atoms with Gasteiger partial charge in [-0.15, -0.1) is 0 Å². The summed E-state index contributed by atoms with van der Waals surface area (Å²) in [4.78, 5) is 18.2. The van der Waals surface area contributed by atoms with Gasteiger partial charge in [-0.1, -0.05) is 18.2 Å². The minimum absolute atomic E-state index is 0.0663. The van der Waals surface area contributed by atoms with E-state index in [-0.39, 0.29) is 12.0 Å². The summed E-state index contributed by atoms with van der Waals surface area (Å²) in [6.07, 6.45) is 3.39. The molecular weight excluding hydrogens is 304 g/mol. The SMILES string of the molecule is COc1cccc(C(c2ccccn2)N2CCCC(C(=O)O)C2)c1.